The maximum atomic E-state index is 9.10. The van der Waals surface area contributed by atoms with Crippen LogP contribution in [0.15, 0.2) is 6.20 Å². The van der Waals surface area contributed by atoms with Crippen molar-refractivity contribution in [2.75, 3.05) is 33.3 Å². The number of piperazine rings is 1. The highest BCUT2D eigenvalue weighted by molar-refractivity contribution is 5.04. The van der Waals surface area contributed by atoms with Crippen molar-refractivity contribution < 1.29 is 5.11 Å². The standard InChI is InChI=1S/C13H24N4O/c1-11-14-8-13(16(11)3)10-17-6-5-15(2)12(9-17)4-7-18/h8,12,18H,4-7,9-10H2,1-3H3. The second-order valence-corrected chi connectivity index (χ2v) is 5.24. The molecule has 1 aliphatic rings. The molecule has 0 aromatic carbocycles. The van der Waals surface area contributed by atoms with Gasteiger partial charge in [-0.2, -0.15) is 0 Å². The third-order valence-electron chi connectivity index (χ3n) is 4.03. The van der Waals surface area contributed by atoms with Crippen LogP contribution in [0.5, 0.6) is 0 Å². The predicted molar refractivity (Wildman–Crippen MR) is 71.3 cm³/mol. The van der Waals surface area contributed by atoms with E-state index in [2.05, 4.69) is 33.4 Å². The van der Waals surface area contributed by atoms with Crippen LogP contribution >= 0.6 is 0 Å². The molecule has 1 aromatic heterocycles. The van der Waals surface area contributed by atoms with E-state index in [1.807, 2.05) is 13.1 Å². The van der Waals surface area contributed by atoms with Gasteiger partial charge in [0.1, 0.15) is 5.82 Å². The number of aliphatic hydroxyl groups excluding tert-OH is 1. The number of hydrogen-bond donors (Lipinski definition) is 1. The summed E-state index contributed by atoms with van der Waals surface area (Å²) >= 11 is 0. The summed E-state index contributed by atoms with van der Waals surface area (Å²) in [5.41, 5.74) is 1.26. The zero-order chi connectivity index (χ0) is 13.1. The minimum atomic E-state index is 0.271. The molecule has 18 heavy (non-hydrogen) atoms. The van der Waals surface area contributed by atoms with Gasteiger partial charge in [0.25, 0.3) is 0 Å². The Morgan fingerprint density at radius 1 is 1.39 bits per heavy atom. The predicted octanol–water partition coefficient (Wildman–Crippen LogP) is 0.227. The summed E-state index contributed by atoms with van der Waals surface area (Å²) in [5, 5.41) is 9.10. The first kappa shape index (κ1) is 13.5. The summed E-state index contributed by atoms with van der Waals surface area (Å²) < 4.78 is 2.15. The van der Waals surface area contributed by atoms with Crippen molar-refractivity contribution in [1.82, 2.24) is 19.4 Å². The van der Waals surface area contributed by atoms with Crippen molar-refractivity contribution in [2.24, 2.45) is 7.05 Å². The summed E-state index contributed by atoms with van der Waals surface area (Å²) in [4.78, 5) is 9.14. The largest absolute Gasteiger partial charge is 0.396 e. The molecule has 5 heteroatoms. The summed E-state index contributed by atoms with van der Waals surface area (Å²) in [5.74, 6) is 1.06. The number of nitrogens with zero attached hydrogens (tertiary/aromatic N) is 4. The zero-order valence-electron chi connectivity index (χ0n) is 11.6. The van der Waals surface area contributed by atoms with E-state index in [1.165, 1.54) is 5.69 Å². The Morgan fingerprint density at radius 3 is 2.78 bits per heavy atom. The molecule has 1 aliphatic heterocycles. The fraction of sp³-hybridized carbons (Fsp3) is 0.769. The molecule has 2 rings (SSSR count). The molecule has 0 amide bonds. The minimum absolute atomic E-state index is 0.271. The number of aromatic nitrogens is 2. The van der Waals surface area contributed by atoms with Crippen LogP contribution in [0.25, 0.3) is 0 Å². The smallest absolute Gasteiger partial charge is 0.105 e. The van der Waals surface area contributed by atoms with E-state index in [0.29, 0.717) is 6.04 Å². The first-order chi connectivity index (χ1) is 8.61. The topological polar surface area (TPSA) is 44.5 Å². The molecule has 1 atom stereocenters. The molecule has 5 nitrogen and oxygen atoms in total. The van der Waals surface area contributed by atoms with Gasteiger partial charge in [0, 0.05) is 52.1 Å². The van der Waals surface area contributed by atoms with Crippen LogP contribution in [-0.2, 0) is 13.6 Å². The lowest BCUT2D eigenvalue weighted by atomic mass is 10.1. The van der Waals surface area contributed by atoms with Gasteiger partial charge in [-0.15, -0.1) is 0 Å². The number of aliphatic hydroxyl groups is 1. The second-order valence-electron chi connectivity index (χ2n) is 5.24. The van der Waals surface area contributed by atoms with E-state index in [-0.39, 0.29) is 6.61 Å². The van der Waals surface area contributed by atoms with Gasteiger partial charge in [0.2, 0.25) is 0 Å². The van der Waals surface area contributed by atoms with Crippen LogP contribution in [0.2, 0.25) is 0 Å². The summed E-state index contributed by atoms with van der Waals surface area (Å²) in [6.07, 6.45) is 2.83. The summed E-state index contributed by atoms with van der Waals surface area (Å²) in [6.45, 7) is 6.44. The Bertz CT molecular complexity index is 390. The number of imidazole rings is 1. The molecule has 0 bridgehead atoms. The molecule has 0 aliphatic carbocycles. The quantitative estimate of drug-likeness (QED) is 0.833. The van der Waals surface area contributed by atoms with E-state index >= 15 is 0 Å². The van der Waals surface area contributed by atoms with Gasteiger partial charge in [0.05, 0.1) is 5.69 Å². The second kappa shape index (κ2) is 5.82. The van der Waals surface area contributed by atoms with Crippen molar-refractivity contribution >= 4 is 0 Å². The van der Waals surface area contributed by atoms with Gasteiger partial charge in [-0.3, -0.25) is 4.90 Å². The lowest BCUT2D eigenvalue weighted by Gasteiger charge is -2.39. The van der Waals surface area contributed by atoms with E-state index < -0.39 is 0 Å². The van der Waals surface area contributed by atoms with Crippen molar-refractivity contribution in [3.8, 4) is 0 Å². The van der Waals surface area contributed by atoms with E-state index in [9.17, 15) is 0 Å². The van der Waals surface area contributed by atoms with Crippen LogP contribution < -0.4 is 0 Å². The summed E-state index contributed by atoms with van der Waals surface area (Å²) in [6, 6.07) is 0.470. The minimum Gasteiger partial charge on any atom is -0.396 e. The molecule has 1 saturated heterocycles. The number of aryl methyl sites for hydroxylation is 1. The Balaban J connectivity index is 1.96. The maximum absolute atomic E-state index is 9.10. The number of rotatable bonds is 4. The third kappa shape index (κ3) is 2.91. The zero-order valence-corrected chi connectivity index (χ0v) is 11.6. The molecule has 1 N–H and O–H groups in total. The molecule has 0 spiro atoms. The van der Waals surface area contributed by atoms with Gasteiger partial charge < -0.3 is 14.6 Å². The molecule has 1 fully saturated rings. The Labute approximate surface area is 109 Å². The third-order valence-corrected chi connectivity index (χ3v) is 4.03. The fourth-order valence-electron chi connectivity index (χ4n) is 2.54. The van der Waals surface area contributed by atoms with Crippen molar-refractivity contribution in [2.45, 2.75) is 25.9 Å². The highest BCUT2D eigenvalue weighted by Gasteiger charge is 2.24. The average molecular weight is 252 g/mol. The van der Waals surface area contributed by atoms with Crippen molar-refractivity contribution in [3.63, 3.8) is 0 Å². The maximum Gasteiger partial charge on any atom is 0.105 e. The van der Waals surface area contributed by atoms with Crippen LogP contribution in [-0.4, -0.2) is 63.8 Å². The van der Waals surface area contributed by atoms with Crippen LogP contribution in [0.1, 0.15) is 17.9 Å². The first-order valence-electron chi connectivity index (χ1n) is 6.62. The Kier molecular flexibility index (Phi) is 4.37. The first-order valence-corrected chi connectivity index (χ1v) is 6.62. The van der Waals surface area contributed by atoms with Crippen LogP contribution in [0.3, 0.4) is 0 Å². The van der Waals surface area contributed by atoms with Crippen molar-refractivity contribution in [1.29, 1.82) is 0 Å². The Morgan fingerprint density at radius 2 is 2.17 bits per heavy atom. The molecule has 2 heterocycles. The highest BCUT2D eigenvalue weighted by Crippen LogP contribution is 2.14. The average Bonchev–Trinajstić information content (AvgIpc) is 2.66. The van der Waals surface area contributed by atoms with Crippen LogP contribution in [0, 0.1) is 6.92 Å². The lowest BCUT2D eigenvalue weighted by molar-refractivity contribution is 0.0731. The molecule has 0 radical (unpaired) electrons. The van der Waals surface area contributed by atoms with Crippen LogP contribution in [0.4, 0.5) is 0 Å². The Hall–Kier alpha value is -0.910. The highest BCUT2D eigenvalue weighted by atomic mass is 16.3. The van der Waals surface area contributed by atoms with E-state index in [4.69, 9.17) is 5.11 Å². The number of likely N-dealkylation sites (N-methyl/N-ethyl adjacent to an activating group) is 1. The molecule has 102 valence electrons. The number of hydrogen-bond acceptors (Lipinski definition) is 4. The van der Waals surface area contributed by atoms with E-state index in [0.717, 1.165) is 38.4 Å². The fourth-order valence-corrected chi connectivity index (χ4v) is 2.54. The van der Waals surface area contributed by atoms with Gasteiger partial charge in [-0.05, 0) is 20.4 Å². The van der Waals surface area contributed by atoms with E-state index in [1.54, 1.807) is 0 Å². The van der Waals surface area contributed by atoms with Gasteiger partial charge in [-0.1, -0.05) is 0 Å². The molecule has 0 saturated carbocycles. The monoisotopic (exact) mass is 252 g/mol. The summed E-state index contributed by atoms with van der Waals surface area (Å²) in [7, 11) is 4.21. The van der Waals surface area contributed by atoms with Crippen molar-refractivity contribution in [3.05, 3.63) is 17.7 Å². The molecular weight excluding hydrogens is 228 g/mol. The SMILES string of the molecule is Cc1ncc(CN2CCN(C)C(CCO)C2)n1C. The lowest BCUT2D eigenvalue weighted by Crippen LogP contribution is -2.51. The molecule has 1 aromatic rings. The van der Waals surface area contributed by atoms with Gasteiger partial charge in [0.15, 0.2) is 0 Å². The molecular formula is C13H24N4O. The van der Waals surface area contributed by atoms with Gasteiger partial charge in [-0.25, -0.2) is 4.98 Å². The normalized spacial score (nSPS) is 22.6. The molecule has 1 unspecified atom stereocenters. The van der Waals surface area contributed by atoms with Gasteiger partial charge >= 0.3 is 0 Å².